The predicted molar refractivity (Wildman–Crippen MR) is 132 cm³/mol. The molecule has 0 spiro atoms. The topological polar surface area (TPSA) is 177 Å². The molecule has 184 valence electrons. The predicted octanol–water partition coefficient (Wildman–Crippen LogP) is 1.45. The number of aryl methyl sites for hydroxylation is 1. The minimum Gasteiger partial charge on any atom is -0.403 e. The van der Waals surface area contributed by atoms with Crippen molar-refractivity contribution < 1.29 is 9.59 Å². The fraction of sp³-hybridized carbons (Fsp3) is 0.435. The molecule has 2 aromatic heterocycles. The summed E-state index contributed by atoms with van der Waals surface area (Å²) >= 11 is 0. The first kappa shape index (κ1) is 24.0. The van der Waals surface area contributed by atoms with Gasteiger partial charge < -0.3 is 27.0 Å². The van der Waals surface area contributed by atoms with Gasteiger partial charge in [0.2, 0.25) is 12.4 Å². The Morgan fingerprint density at radius 2 is 2.11 bits per heavy atom. The zero-order valence-electron chi connectivity index (χ0n) is 19.6. The van der Waals surface area contributed by atoms with E-state index in [1.54, 1.807) is 17.4 Å². The van der Waals surface area contributed by atoms with Crippen molar-refractivity contribution in [1.82, 2.24) is 24.8 Å². The van der Waals surface area contributed by atoms with Crippen LogP contribution in [0.1, 0.15) is 60.3 Å². The number of amides is 2. The van der Waals surface area contributed by atoms with Crippen molar-refractivity contribution in [2.45, 2.75) is 51.0 Å². The van der Waals surface area contributed by atoms with Gasteiger partial charge in [0.05, 0.1) is 28.8 Å². The van der Waals surface area contributed by atoms with Crippen LogP contribution in [-0.2, 0) is 11.2 Å². The van der Waals surface area contributed by atoms with E-state index in [1.165, 1.54) is 12.4 Å². The highest BCUT2D eigenvalue weighted by atomic mass is 16.1. The van der Waals surface area contributed by atoms with Crippen LogP contribution in [0.2, 0.25) is 0 Å². The van der Waals surface area contributed by atoms with Crippen LogP contribution >= 0.6 is 0 Å². The van der Waals surface area contributed by atoms with Gasteiger partial charge in [-0.05, 0) is 32.1 Å². The van der Waals surface area contributed by atoms with Crippen molar-refractivity contribution in [2.75, 3.05) is 23.7 Å². The minimum absolute atomic E-state index is 0.00697. The summed E-state index contributed by atoms with van der Waals surface area (Å²) in [5.74, 6) is 0.167. The van der Waals surface area contributed by atoms with Gasteiger partial charge in [-0.25, -0.2) is 15.0 Å². The number of allylic oxidation sites excluding steroid dienone is 1. The average Bonchev–Trinajstić information content (AvgIpc) is 3.72. The Labute approximate surface area is 203 Å². The van der Waals surface area contributed by atoms with Gasteiger partial charge in [0.15, 0.2) is 0 Å². The third-order valence-corrected chi connectivity index (χ3v) is 5.99. The van der Waals surface area contributed by atoms with E-state index in [0.717, 1.165) is 55.7 Å². The molecule has 0 aromatic carbocycles. The number of likely N-dealkylation sites (tertiary alicyclic amines) is 1. The molecule has 4 rings (SSSR count). The van der Waals surface area contributed by atoms with E-state index in [-0.39, 0.29) is 23.4 Å². The van der Waals surface area contributed by atoms with Crippen LogP contribution < -0.4 is 22.1 Å². The first-order valence-electron chi connectivity index (χ1n) is 11.7. The molecule has 1 saturated carbocycles. The Hall–Kier alpha value is -4.09. The summed E-state index contributed by atoms with van der Waals surface area (Å²) < 4.78 is 0. The lowest BCUT2D eigenvalue weighted by molar-refractivity contribution is -0.119. The third kappa shape index (κ3) is 5.89. The van der Waals surface area contributed by atoms with Crippen LogP contribution in [-0.4, -0.2) is 62.5 Å². The first-order valence-corrected chi connectivity index (χ1v) is 11.7. The maximum atomic E-state index is 12.1. The Morgan fingerprint density at radius 3 is 2.80 bits per heavy atom. The van der Waals surface area contributed by atoms with Crippen molar-refractivity contribution in [3.8, 4) is 0 Å². The Balaban J connectivity index is 1.56. The summed E-state index contributed by atoms with van der Waals surface area (Å²) in [7, 11) is 0. The van der Waals surface area contributed by atoms with Crippen LogP contribution in [0.25, 0.3) is 0 Å². The number of anilines is 3. The minimum atomic E-state index is -0.657. The number of piperidine rings is 1. The first-order chi connectivity index (χ1) is 17.0. The number of primary amides is 1. The van der Waals surface area contributed by atoms with Gasteiger partial charge >= 0.3 is 0 Å². The van der Waals surface area contributed by atoms with Gasteiger partial charge in [-0.1, -0.05) is 6.92 Å². The molecular weight excluding hydrogens is 448 g/mol. The second kappa shape index (κ2) is 10.9. The zero-order chi connectivity index (χ0) is 24.8. The molecule has 0 bridgehead atoms. The number of carbonyl (C=O) groups excluding carboxylic acids is 2. The van der Waals surface area contributed by atoms with Crippen LogP contribution in [0.3, 0.4) is 0 Å². The van der Waals surface area contributed by atoms with Crippen molar-refractivity contribution in [3.05, 3.63) is 41.4 Å². The third-order valence-electron chi connectivity index (χ3n) is 5.99. The van der Waals surface area contributed by atoms with E-state index in [2.05, 4.69) is 35.6 Å². The van der Waals surface area contributed by atoms with Crippen LogP contribution in [0.5, 0.6) is 0 Å². The standard InChI is InChI=1S/C23H30N10O2/c1-2-18-20(19(14-5-6-14)29-12-28-18)31-22-17(21(25)35)10-27-23(32-22)30-16(8-24)9-26-15-4-3-7-33(11-15)13-34/h8-10,12-15H,2-7,11,24H2,1H3,(H2,25,35)(H2,27,30,31,32). The van der Waals surface area contributed by atoms with E-state index < -0.39 is 5.91 Å². The highest BCUT2D eigenvalue weighted by molar-refractivity contribution is 5.98. The van der Waals surface area contributed by atoms with E-state index in [0.29, 0.717) is 24.6 Å². The summed E-state index contributed by atoms with van der Waals surface area (Å²) in [5.41, 5.74) is 14.5. The van der Waals surface area contributed by atoms with Gasteiger partial charge in [-0.15, -0.1) is 0 Å². The number of aliphatic imine (C=N–C) groups is 1. The molecule has 3 heterocycles. The van der Waals surface area contributed by atoms with Crippen molar-refractivity contribution in [3.63, 3.8) is 0 Å². The van der Waals surface area contributed by atoms with E-state index in [1.807, 2.05) is 6.92 Å². The molecule has 1 aliphatic carbocycles. The van der Waals surface area contributed by atoms with Gasteiger partial charge in [-0.2, -0.15) is 4.98 Å². The smallest absolute Gasteiger partial charge is 0.254 e. The summed E-state index contributed by atoms with van der Waals surface area (Å²) in [6.07, 6.45) is 11.3. The summed E-state index contributed by atoms with van der Waals surface area (Å²) in [6.45, 7) is 3.32. The van der Waals surface area contributed by atoms with Gasteiger partial charge in [-0.3, -0.25) is 14.6 Å². The molecule has 12 nitrogen and oxygen atoms in total. The molecule has 2 aliphatic rings. The van der Waals surface area contributed by atoms with E-state index >= 15 is 0 Å². The summed E-state index contributed by atoms with van der Waals surface area (Å²) in [4.78, 5) is 47.0. The molecule has 1 unspecified atom stereocenters. The Morgan fingerprint density at radius 1 is 1.29 bits per heavy atom. The van der Waals surface area contributed by atoms with Crippen LogP contribution in [0.15, 0.2) is 29.4 Å². The lowest BCUT2D eigenvalue weighted by atomic mass is 10.1. The van der Waals surface area contributed by atoms with Crippen molar-refractivity contribution in [1.29, 1.82) is 0 Å². The molecule has 0 radical (unpaired) electrons. The number of nitrogens with one attached hydrogen (secondary N) is 2. The molecule has 1 atom stereocenters. The van der Waals surface area contributed by atoms with Crippen molar-refractivity contribution in [2.24, 2.45) is 16.5 Å². The number of rotatable bonds is 10. The van der Waals surface area contributed by atoms with Gasteiger partial charge in [0, 0.05) is 37.6 Å². The quantitative estimate of drug-likeness (QED) is 0.290. The lowest BCUT2D eigenvalue weighted by Gasteiger charge is -2.27. The van der Waals surface area contributed by atoms with E-state index in [4.69, 9.17) is 11.5 Å². The second-order valence-corrected chi connectivity index (χ2v) is 8.58. The SMILES string of the molecule is CCc1ncnc(C2CC2)c1Nc1nc(NC(C=NC2CCCN(C=O)C2)=CN)ncc1C(N)=O. The zero-order valence-corrected chi connectivity index (χ0v) is 19.6. The summed E-state index contributed by atoms with van der Waals surface area (Å²) in [5, 5.41) is 6.27. The molecular formula is C23H30N10O2. The second-order valence-electron chi connectivity index (χ2n) is 8.58. The molecule has 2 aromatic rings. The number of hydrogen-bond acceptors (Lipinski definition) is 10. The monoisotopic (exact) mass is 478 g/mol. The van der Waals surface area contributed by atoms with Gasteiger partial charge in [0.25, 0.3) is 5.91 Å². The fourth-order valence-electron chi connectivity index (χ4n) is 3.98. The number of nitrogens with two attached hydrogens (primary N) is 2. The molecule has 1 saturated heterocycles. The van der Waals surface area contributed by atoms with Crippen LogP contribution in [0.4, 0.5) is 17.5 Å². The number of aromatic nitrogens is 4. The van der Waals surface area contributed by atoms with Crippen LogP contribution in [0, 0.1) is 0 Å². The lowest BCUT2D eigenvalue weighted by Crippen LogP contribution is -2.36. The normalized spacial score (nSPS) is 18.5. The molecule has 12 heteroatoms. The largest absolute Gasteiger partial charge is 0.403 e. The number of hydrogen-bond donors (Lipinski definition) is 4. The average molecular weight is 479 g/mol. The number of carbonyl (C=O) groups is 2. The summed E-state index contributed by atoms with van der Waals surface area (Å²) in [6, 6.07) is -0.00697. The Kier molecular flexibility index (Phi) is 7.48. The van der Waals surface area contributed by atoms with Gasteiger partial charge in [0.1, 0.15) is 17.7 Å². The molecule has 1 aliphatic heterocycles. The maximum absolute atomic E-state index is 12.1. The Bertz CT molecular complexity index is 1150. The molecule has 6 N–H and O–H groups in total. The number of nitrogens with zero attached hydrogens (tertiary/aromatic N) is 6. The highest BCUT2D eigenvalue weighted by Gasteiger charge is 2.30. The highest BCUT2D eigenvalue weighted by Crippen LogP contribution is 2.43. The molecule has 2 amide bonds. The van der Waals surface area contributed by atoms with Crippen molar-refractivity contribution >= 4 is 36.0 Å². The van der Waals surface area contributed by atoms with E-state index in [9.17, 15) is 9.59 Å². The molecule has 2 fully saturated rings. The maximum Gasteiger partial charge on any atom is 0.254 e. The fourth-order valence-corrected chi connectivity index (χ4v) is 3.98. The molecule has 35 heavy (non-hydrogen) atoms.